The maximum atomic E-state index is 13.9. The van der Waals surface area contributed by atoms with Gasteiger partial charge in [-0.15, -0.1) is 21.5 Å². The maximum Gasteiger partial charge on any atom is 0.191 e. The van der Waals surface area contributed by atoms with Crippen molar-refractivity contribution in [2.75, 3.05) is 0 Å². The molecule has 2 heterocycles. The van der Waals surface area contributed by atoms with Crippen molar-refractivity contribution >= 4 is 23.1 Å². The standard InChI is InChI=1S/C22H20F2N4OS2/c1-13-6-4-5-7-17(13)21-25-16(11-30-21)12-31-22-27-26-20(28(22)3)14(2)29-19-9-8-15(23)10-18(19)24/h4-11,14H,12H2,1-3H3. The van der Waals surface area contributed by atoms with Crippen LogP contribution in [0, 0.1) is 18.6 Å². The van der Waals surface area contributed by atoms with Crippen LogP contribution >= 0.6 is 23.1 Å². The fraction of sp³-hybridized carbons (Fsp3) is 0.227. The molecule has 0 N–H and O–H groups in total. The lowest BCUT2D eigenvalue weighted by Crippen LogP contribution is -2.11. The topological polar surface area (TPSA) is 52.8 Å². The van der Waals surface area contributed by atoms with Crippen molar-refractivity contribution in [2.45, 2.75) is 30.9 Å². The van der Waals surface area contributed by atoms with E-state index in [4.69, 9.17) is 9.72 Å². The van der Waals surface area contributed by atoms with E-state index in [1.54, 1.807) is 18.3 Å². The molecular weight excluding hydrogens is 438 g/mol. The van der Waals surface area contributed by atoms with Gasteiger partial charge in [-0.3, -0.25) is 0 Å². The summed E-state index contributed by atoms with van der Waals surface area (Å²) in [6.45, 7) is 3.82. The Labute approximate surface area is 187 Å². The number of nitrogens with zero attached hydrogens (tertiary/aromatic N) is 4. The zero-order valence-electron chi connectivity index (χ0n) is 17.2. The van der Waals surface area contributed by atoms with E-state index in [1.807, 2.05) is 23.7 Å². The molecule has 0 saturated carbocycles. The zero-order chi connectivity index (χ0) is 22.0. The summed E-state index contributed by atoms with van der Waals surface area (Å²) in [5, 5.41) is 12.2. The molecule has 0 fully saturated rings. The summed E-state index contributed by atoms with van der Waals surface area (Å²) in [4.78, 5) is 4.74. The molecule has 2 aromatic heterocycles. The Kier molecular flexibility index (Phi) is 6.33. The van der Waals surface area contributed by atoms with Gasteiger partial charge in [0.2, 0.25) is 0 Å². The zero-order valence-corrected chi connectivity index (χ0v) is 18.8. The average molecular weight is 459 g/mol. The summed E-state index contributed by atoms with van der Waals surface area (Å²) in [6, 6.07) is 11.4. The van der Waals surface area contributed by atoms with Crippen LogP contribution in [-0.2, 0) is 12.8 Å². The minimum absolute atomic E-state index is 0.0303. The van der Waals surface area contributed by atoms with Crippen molar-refractivity contribution in [3.63, 3.8) is 0 Å². The van der Waals surface area contributed by atoms with E-state index in [9.17, 15) is 8.78 Å². The molecule has 0 aliphatic heterocycles. The van der Waals surface area contributed by atoms with Gasteiger partial charge < -0.3 is 9.30 Å². The largest absolute Gasteiger partial charge is 0.480 e. The van der Waals surface area contributed by atoms with Crippen LogP contribution < -0.4 is 4.74 Å². The van der Waals surface area contributed by atoms with Gasteiger partial charge in [-0.1, -0.05) is 36.0 Å². The molecule has 4 aromatic rings. The van der Waals surface area contributed by atoms with Gasteiger partial charge in [-0.25, -0.2) is 13.8 Å². The van der Waals surface area contributed by atoms with Crippen LogP contribution in [-0.4, -0.2) is 19.7 Å². The van der Waals surface area contributed by atoms with Crippen LogP contribution in [0.1, 0.15) is 30.1 Å². The predicted octanol–water partition coefficient (Wildman–Crippen LogP) is 5.96. The average Bonchev–Trinajstić information content (AvgIpc) is 3.35. The van der Waals surface area contributed by atoms with Crippen LogP contribution in [0.4, 0.5) is 8.78 Å². The van der Waals surface area contributed by atoms with E-state index in [-0.39, 0.29) is 5.75 Å². The van der Waals surface area contributed by atoms with Gasteiger partial charge in [0.15, 0.2) is 28.7 Å². The summed E-state index contributed by atoms with van der Waals surface area (Å²) < 4.78 is 34.4. The third-order valence-electron chi connectivity index (χ3n) is 4.71. The van der Waals surface area contributed by atoms with Crippen molar-refractivity contribution in [1.82, 2.24) is 19.7 Å². The molecule has 0 aliphatic carbocycles. The van der Waals surface area contributed by atoms with E-state index in [0.29, 0.717) is 16.7 Å². The predicted molar refractivity (Wildman–Crippen MR) is 118 cm³/mol. The number of thioether (sulfide) groups is 1. The number of hydrogen-bond acceptors (Lipinski definition) is 6. The Morgan fingerprint density at radius 1 is 1.16 bits per heavy atom. The number of halogens is 2. The number of benzene rings is 2. The highest BCUT2D eigenvalue weighted by atomic mass is 32.2. The molecule has 9 heteroatoms. The minimum atomic E-state index is -0.753. The molecule has 5 nitrogen and oxygen atoms in total. The molecule has 31 heavy (non-hydrogen) atoms. The van der Waals surface area contributed by atoms with E-state index < -0.39 is 17.7 Å². The molecule has 0 radical (unpaired) electrons. The molecule has 0 amide bonds. The molecule has 2 aromatic carbocycles. The van der Waals surface area contributed by atoms with Gasteiger partial charge in [-0.2, -0.15) is 0 Å². The fourth-order valence-corrected chi connectivity index (χ4v) is 4.89. The highest BCUT2D eigenvalue weighted by Gasteiger charge is 2.19. The monoisotopic (exact) mass is 458 g/mol. The molecule has 160 valence electrons. The van der Waals surface area contributed by atoms with Crippen LogP contribution in [0.25, 0.3) is 10.6 Å². The molecule has 0 spiro atoms. The first kappa shape index (κ1) is 21.5. The van der Waals surface area contributed by atoms with Crippen LogP contribution in [0.2, 0.25) is 0 Å². The van der Waals surface area contributed by atoms with Gasteiger partial charge in [0, 0.05) is 29.8 Å². The van der Waals surface area contributed by atoms with Crippen molar-refractivity contribution in [2.24, 2.45) is 7.05 Å². The SMILES string of the molecule is Cc1ccccc1-c1nc(CSc2nnc(C(C)Oc3ccc(F)cc3F)n2C)cs1. The molecular formula is C22H20F2N4OS2. The smallest absolute Gasteiger partial charge is 0.191 e. The van der Waals surface area contributed by atoms with Crippen molar-refractivity contribution in [3.8, 4) is 16.3 Å². The lowest BCUT2D eigenvalue weighted by molar-refractivity contribution is 0.201. The first-order chi connectivity index (χ1) is 14.9. The van der Waals surface area contributed by atoms with Gasteiger partial charge in [-0.05, 0) is 31.5 Å². The van der Waals surface area contributed by atoms with E-state index in [2.05, 4.69) is 34.6 Å². The number of rotatable bonds is 7. The van der Waals surface area contributed by atoms with Crippen molar-refractivity contribution < 1.29 is 13.5 Å². The number of ether oxygens (including phenoxy) is 1. The summed E-state index contributed by atoms with van der Waals surface area (Å²) in [6.07, 6.45) is -0.557. The maximum absolute atomic E-state index is 13.9. The van der Waals surface area contributed by atoms with Gasteiger partial charge >= 0.3 is 0 Å². The Balaban J connectivity index is 1.42. The fourth-order valence-electron chi connectivity index (χ4n) is 3.07. The van der Waals surface area contributed by atoms with Crippen LogP contribution in [0.5, 0.6) is 5.75 Å². The normalized spacial score (nSPS) is 12.2. The molecule has 1 unspecified atom stereocenters. The third kappa shape index (κ3) is 4.77. The van der Waals surface area contributed by atoms with E-state index >= 15 is 0 Å². The van der Waals surface area contributed by atoms with E-state index in [1.165, 1.54) is 23.4 Å². The minimum Gasteiger partial charge on any atom is -0.480 e. The molecule has 0 saturated heterocycles. The lowest BCUT2D eigenvalue weighted by Gasteiger charge is -2.14. The number of hydrogen-bond donors (Lipinski definition) is 0. The number of aromatic nitrogens is 4. The summed E-state index contributed by atoms with van der Waals surface area (Å²) in [7, 11) is 1.83. The van der Waals surface area contributed by atoms with Crippen molar-refractivity contribution in [3.05, 3.63) is 76.6 Å². The molecule has 0 bridgehead atoms. The second-order valence-electron chi connectivity index (χ2n) is 6.98. The van der Waals surface area contributed by atoms with Crippen molar-refractivity contribution in [1.29, 1.82) is 0 Å². The first-order valence-corrected chi connectivity index (χ1v) is 11.4. The summed E-state index contributed by atoms with van der Waals surface area (Å²) >= 11 is 3.14. The van der Waals surface area contributed by atoms with Gasteiger partial charge in [0.05, 0.1) is 5.69 Å². The Bertz CT molecular complexity index is 1210. The number of thiazole rings is 1. The first-order valence-electron chi connectivity index (χ1n) is 9.56. The number of aryl methyl sites for hydroxylation is 1. The Hall–Kier alpha value is -2.78. The third-order valence-corrected chi connectivity index (χ3v) is 6.68. The molecule has 4 rings (SSSR count). The lowest BCUT2D eigenvalue weighted by atomic mass is 10.1. The highest BCUT2D eigenvalue weighted by molar-refractivity contribution is 7.98. The second kappa shape index (κ2) is 9.15. The molecule has 1 atom stereocenters. The van der Waals surface area contributed by atoms with Crippen LogP contribution in [0.15, 0.2) is 53.0 Å². The Morgan fingerprint density at radius 3 is 2.74 bits per heavy atom. The van der Waals surface area contributed by atoms with Crippen LogP contribution in [0.3, 0.4) is 0 Å². The Morgan fingerprint density at radius 2 is 1.97 bits per heavy atom. The quantitative estimate of drug-likeness (QED) is 0.320. The highest BCUT2D eigenvalue weighted by Crippen LogP contribution is 2.30. The summed E-state index contributed by atoms with van der Waals surface area (Å²) in [5.41, 5.74) is 3.31. The molecule has 0 aliphatic rings. The van der Waals surface area contributed by atoms with Gasteiger partial charge in [0.25, 0.3) is 0 Å². The van der Waals surface area contributed by atoms with Gasteiger partial charge in [0.1, 0.15) is 10.8 Å². The van der Waals surface area contributed by atoms with E-state index in [0.717, 1.165) is 28.4 Å². The summed E-state index contributed by atoms with van der Waals surface area (Å²) in [5.74, 6) is -0.239. The second-order valence-corrected chi connectivity index (χ2v) is 8.78.